The van der Waals surface area contributed by atoms with E-state index in [1.54, 1.807) is 12.1 Å². The van der Waals surface area contributed by atoms with Crippen molar-refractivity contribution in [3.63, 3.8) is 0 Å². The lowest BCUT2D eigenvalue weighted by atomic mass is 9.63. The summed E-state index contributed by atoms with van der Waals surface area (Å²) in [5.74, 6) is 0.319. The predicted molar refractivity (Wildman–Crippen MR) is 101 cm³/mol. The van der Waals surface area contributed by atoms with Crippen molar-refractivity contribution in [1.29, 1.82) is 0 Å². The first-order valence-electron chi connectivity index (χ1n) is 9.85. The van der Waals surface area contributed by atoms with E-state index in [0.29, 0.717) is 17.6 Å². The van der Waals surface area contributed by atoms with Gasteiger partial charge in [-0.05, 0) is 53.0 Å². The molecule has 140 valence electrons. The molecule has 2 saturated carbocycles. The summed E-state index contributed by atoms with van der Waals surface area (Å²) in [4.78, 5) is 39.5. The Morgan fingerprint density at radius 3 is 2.25 bits per heavy atom. The van der Waals surface area contributed by atoms with E-state index in [4.69, 9.17) is 4.74 Å². The minimum atomic E-state index is -0.582. The number of hydrogen-bond acceptors (Lipinski definition) is 4. The fourth-order valence-corrected chi connectivity index (χ4v) is 5.70. The van der Waals surface area contributed by atoms with Crippen LogP contribution in [0.5, 0.6) is 5.75 Å². The van der Waals surface area contributed by atoms with Gasteiger partial charge in [0, 0.05) is 0 Å². The molecule has 4 aliphatic carbocycles. The standard InChI is InChI=1S/C23H19NO4/c25-19(28-14-6-5-12-3-1-2-4-13(12)9-14)11-24-22(26)20-15-7-8-16(18-10-17(15)18)21(20)23(24)27/h1-9,15-18,20-21H,10-11H2/t15-,16-,17-,18+,20+,21+/m1/s1. The monoisotopic (exact) mass is 373 g/mol. The molecule has 0 N–H and O–H groups in total. The molecule has 2 bridgehead atoms. The number of ether oxygens (including phenoxy) is 1. The second-order valence-electron chi connectivity index (χ2n) is 8.40. The fraction of sp³-hybridized carbons (Fsp3) is 0.348. The average molecular weight is 373 g/mol. The molecule has 2 amide bonds. The second-order valence-corrected chi connectivity index (χ2v) is 8.40. The molecule has 0 spiro atoms. The number of benzene rings is 2. The summed E-state index contributed by atoms with van der Waals surface area (Å²) < 4.78 is 5.43. The van der Waals surface area contributed by atoms with E-state index < -0.39 is 5.97 Å². The number of fused-ring (bicyclic) bond motifs is 1. The summed E-state index contributed by atoms with van der Waals surface area (Å²) in [6, 6.07) is 13.2. The number of likely N-dealkylation sites (tertiary alicyclic amines) is 1. The van der Waals surface area contributed by atoms with Crippen LogP contribution in [0.15, 0.2) is 54.6 Å². The van der Waals surface area contributed by atoms with Crippen LogP contribution in [0.1, 0.15) is 6.42 Å². The summed E-state index contributed by atoms with van der Waals surface area (Å²) in [5.41, 5.74) is 0. The lowest BCUT2D eigenvalue weighted by Gasteiger charge is -2.37. The molecule has 3 fully saturated rings. The van der Waals surface area contributed by atoms with Crippen LogP contribution in [0.4, 0.5) is 0 Å². The molecule has 0 unspecified atom stereocenters. The van der Waals surface area contributed by atoms with E-state index in [9.17, 15) is 14.4 Å². The third kappa shape index (κ3) is 2.16. The highest BCUT2D eigenvalue weighted by Crippen LogP contribution is 2.65. The van der Waals surface area contributed by atoms with Crippen molar-refractivity contribution in [2.45, 2.75) is 6.42 Å². The van der Waals surface area contributed by atoms with Gasteiger partial charge in [-0.15, -0.1) is 0 Å². The van der Waals surface area contributed by atoms with Crippen LogP contribution in [-0.4, -0.2) is 29.2 Å². The molecule has 2 aromatic rings. The molecule has 5 heteroatoms. The van der Waals surface area contributed by atoms with Crippen molar-refractivity contribution in [1.82, 2.24) is 4.90 Å². The maximum Gasteiger partial charge on any atom is 0.331 e. The van der Waals surface area contributed by atoms with Gasteiger partial charge in [0.25, 0.3) is 0 Å². The van der Waals surface area contributed by atoms with Crippen molar-refractivity contribution < 1.29 is 19.1 Å². The van der Waals surface area contributed by atoms with Gasteiger partial charge in [0.2, 0.25) is 11.8 Å². The zero-order valence-corrected chi connectivity index (χ0v) is 15.2. The van der Waals surface area contributed by atoms with Gasteiger partial charge in [-0.2, -0.15) is 0 Å². The SMILES string of the molecule is O=C(CN1C(=O)[C@H]2[C@@H]3C=C[C@H]([C@@H]4C[C@H]34)[C@@H]2C1=O)Oc1ccc2ccccc2c1. The number of hydrogen-bond donors (Lipinski definition) is 0. The van der Waals surface area contributed by atoms with Crippen molar-refractivity contribution >= 4 is 28.6 Å². The van der Waals surface area contributed by atoms with Crippen LogP contribution in [0, 0.1) is 35.5 Å². The number of amides is 2. The van der Waals surface area contributed by atoms with E-state index in [1.165, 1.54) is 0 Å². The molecule has 5 aliphatic rings. The smallest absolute Gasteiger partial charge is 0.331 e. The first kappa shape index (κ1) is 16.0. The van der Waals surface area contributed by atoms with Crippen LogP contribution in [0.25, 0.3) is 10.8 Å². The van der Waals surface area contributed by atoms with Gasteiger partial charge in [0.1, 0.15) is 12.3 Å². The van der Waals surface area contributed by atoms with Gasteiger partial charge < -0.3 is 4.74 Å². The van der Waals surface area contributed by atoms with Crippen molar-refractivity contribution in [2.75, 3.05) is 6.54 Å². The maximum atomic E-state index is 12.9. The highest BCUT2D eigenvalue weighted by Gasteiger charge is 2.67. The Kier molecular flexibility index (Phi) is 3.17. The lowest BCUT2D eigenvalue weighted by Crippen LogP contribution is -2.40. The second kappa shape index (κ2) is 5.53. The summed E-state index contributed by atoms with van der Waals surface area (Å²) in [6.45, 7) is -0.313. The zero-order valence-electron chi connectivity index (χ0n) is 15.2. The molecular formula is C23H19NO4. The third-order valence-electron chi connectivity index (χ3n) is 6.99. The van der Waals surface area contributed by atoms with E-state index in [-0.39, 0.29) is 42.0 Å². The number of nitrogens with zero attached hydrogens (tertiary/aromatic N) is 1. The van der Waals surface area contributed by atoms with Crippen LogP contribution >= 0.6 is 0 Å². The van der Waals surface area contributed by atoms with Gasteiger partial charge in [-0.25, -0.2) is 4.79 Å². The Bertz CT molecular complexity index is 1040. The summed E-state index contributed by atoms with van der Waals surface area (Å²) >= 11 is 0. The van der Waals surface area contributed by atoms with Crippen molar-refractivity contribution in [2.24, 2.45) is 35.5 Å². The first-order valence-corrected chi connectivity index (χ1v) is 9.85. The van der Waals surface area contributed by atoms with Gasteiger partial charge in [0.05, 0.1) is 11.8 Å². The van der Waals surface area contributed by atoms with E-state index in [2.05, 4.69) is 12.2 Å². The normalized spacial score (nSPS) is 34.5. The van der Waals surface area contributed by atoms with Gasteiger partial charge in [-0.1, -0.05) is 42.5 Å². The van der Waals surface area contributed by atoms with Crippen molar-refractivity contribution in [3.05, 3.63) is 54.6 Å². The van der Waals surface area contributed by atoms with Crippen LogP contribution < -0.4 is 4.74 Å². The van der Waals surface area contributed by atoms with Crippen LogP contribution in [0.3, 0.4) is 0 Å². The first-order chi connectivity index (χ1) is 13.6. The predicted octanol–water partition coefficient (Wildman–Crippen LogP) is 2.80. The number of rotatable bonds is 3. The van der Waals surface area contributed by atoms with Gasteiger partial charge >= 0.3 is 5.97 Å². The topological polar surface area (TPSA) is 63.7 Å². The fourth-order valence-electron chi connectivity index (χ4n) is 5.70. The number of imide groups is 1. The highest BCUT2D eigenvalue weighted by molar-refractivity contribution is 6.08. The molecular weight excluding hydrogens is 354 g/mol. The largest absolute Gasteiger partial charge is 0.425 e. The molecule has 28 heavy (non-hydrogen) atoms. The summed E-state index contributed by atoms with van der Waals surface area (Å²) in [6.07, 6.45) is 5.38. The van der Waals surface area contributed by atoms with E-state index >= 15 is 0 Å². The highest BCUT2D eigenvalue weighted by atomic mass is 16.5. The number of carbonyl (C=O) groups is 3. The van der Waals surface area contributed by atoms with Crippen LogP contribution in [-0.2, 0) is 14.4 Å². The molecule has 1 saturated heterocycles. The molecule has 2 aromatic carbocycles. The molecule has 5 nitrogen and oxygen atoms in total. The quantitative estimate of drug-likeness (QED) is 0.359. The van der Waals surface area contributed by atoms with Crippen molar-refractivity contribution in [3.8, 4) is 5.75 Å². The Hall–Kier alpha value is -2.95. The zero-order chi connectivity index (χ0) is 19.0. The van der Waals surface area contributed by atoms with Gasteiger partial charge in [-0.3, -0.25) is 14.5 Å². The number of allylic oxidation sites excluding steroid dienone is 2. The molecule has 1 aliphatic heterocycles. The summed E-state index contributed by atoms with van der Waals surface area (Å²) in [5, 5.41) is 2.02. The molecule has 0 aromatic heterocycles. The van der Waals surface area contributed by atoms with Gasteiger partial charge in [0.15, 0.2) is 0 Å². The molecule has 0 radical (unpaired) electrons. The minimum Gasteiger partial charge on any atom is -0.425 e. The Balaban J connectivity index is 1.20. The molecule has 1 heterocycles. The van der Waals surface area contributed by atoms with Crippen LogP contribution in [0.2, 0.25) is 0 Å². The number of esters is 1. The average Bonchev–Trinajstić information content (AvgIpc) is 3.49. The Morgan fingerprint density at radius 1 is 0.929 bits per heavy atom. The molecule has 7 rings (SSSR count). The number of carbonyl (C=O) groups excluding carboxylic acids is 3. The summed E-state index contributed by atoms with van der Waals surface area (Å²) in [7, 11) is 0. The minimum absolute atomic E-state index is 0.165. The third-order valence-corrected chi connectivity index (χ3v) is 6.99. The lowest BCUT2D eigenvalue weighted by molar-refractivity contribution is -0.148. The Labute approximate surface area is 162 Å². The Morgan fingerprint density at radius 2 is 1.57 bits per heavy atom. The van der Waals surface area contributed by atoms with E-state index in [1.807, 2.05) is 30.3 Å². The molecule has 6 atom stereocenters. The van der Waals surface area contributed by atoms with E-state index in [0.717, 1.165) is 22.1 Å². The maximum absolute atomic E-state index is 12.9.